The fraction of sp³-hybridized carbons (Fsp3) is 0. The van der Waals surface area contributed by atoms with E-state index in [-0.39, 0.29) is 0 Å². The van der Waals surface area contributed by atoms with Crippen molar-refractivity contribution < 1.29 is 0 Å². The second-order valence-corrected chi connectivity index (χ2v) is 13.6. The van der Waals surface area contributed by atoms with Gasteiger partial charge in [0.2, 0.25) is 5.95 Å². The monoisotopic (exact) mass is 642 g/mol. The molecule has 4 aromatic heterocycles. The molecule has 0 saturated carbocycles. The van der Waals surface area contributed by atoms with Crippen LogP contribution in [0.2, 0.25) is 0 Å². The maximum Gasteiger partial charge on any atom is 0.235 e. The number of hydrogen-bond acceptors (Lipinski definition) is 3. The summed E-state index contributed by atoms with van der Waals surface area (Å²) in [7, 11) is 0. The van der Waals surface area contributed by atoms with Crippen LogP contribution in [-0.4, -0.2) is 19.1 Å². The molecule has 5 heteroatoms. The van der Waals surface area contributed by atoms with E-state index < -0.39 is 0 Å². The first-order valence-electron chi connectivity index (χ1n) is 16.5. The maximum atomic E-state index is 5.48. The van der Waals surface area contributed by atoms with Gasteiger partial charge in [0.25, 0.3) is 0 Å². The van der Waals surface area contributed by atoms with E-state index in [0.29, 0.717) is 5.95 Å². The Labute approximate surface area is 284 Å². The Balaban J connectivity index is 1.26. The molecular formula is C44H26N4S. The van der Waals surface area contributed by atoms with E-state index in [1.807, 2.05) is 11.3 Å². The van der Waals surface area contributed by atoms with E-state index in [0.717, 1.165) is 38.9 Å². The highest BCUT2D eigenvalue weighted by Crippen LogP contribution is 2.44. The Morgan fingerprint density at radius 2 is 1.00 bits per heavy atom. The van der Waals surface area contributed by atoms with Crippen LogP contribution < -0.4 is 0 Å². The minimum absolute atomic E-state index is 0.671. The van der Waals surface area contributed by atoms with Gasteiger partial charge >= 0.3 is 0 Å². The smallest absolute Gasteiger partial charge is 0.235 e. The van der Waals surface area contributed by atoms with E-state index in [1.54, 1.807) is 0 Å². The third kappa shape index (κ3) is 3.73. The SMILES string of the molecule is c1ccc(-n2c3ccccc3c3c4c5ccccc5n(-c5nc(-c6cccc7c6sc6ccccc67)c6ccccc6n5)c4ccc32)cc1. The van der Waals surface area contributed by atoms with Crippen LogP contribution in [0, 0.1) is 0 Å². The Morgan fingerprint density at radius 3 is 1.78 bits per heavy atom. The molecule has 0 unspecified atom stereocenters. The minimum Gasteiger partial charge on any atom is -0.309 e. The lowest BCUT2D eigenvalue weighted by atomic mass is 10.0. The molecule has 0 N–H and O–H groups in total. The van der Waals surface area contributed by atoms with Gasteiger partial charge in [-0.15, -0.1) is 11.3 Å². The highest BCUT2D eigenvalue weighted by atomic mass is 32.1. The number of nitrogens with zero attached hydrogens (tertiary/aromatic N) is 4. The van der Waals surface area contributed by atoms with Crippen LogP contribution in [0.25, 0.3) is 97.6 Å². The summed E-state index contributed by atoms with van der Waals surface area (Å²) in [5, 5.41) is 8.45. The molecule has 0 aliphatic heterocycles. The van der Waals surface area contributed by atoms with Crippen LogP contribution in [0.15, 0.2) is 158 Å². The van der Waals surface area contributed by atoms with Crippen molar-refractivity contribution in [2.45, 2.75) is 0 Å². The Bertz CT molecular complexity index is 3110. The summed E-state index contributed by atoms with van der Waals surface area (Å²) in [6, 6.07) is 56.3. The van der Waals surface area contributed by atoms with Gasteiger partial charge < -0.3 is 4.57 Å². The lowest BCUT2D eigenvalue weighted by molar-refractivity contribution is 1.01. The van der Waals surface area contributed by atoms with Gasteiger partial charge in [-0.1, -0.05) is 109 Å². The molecule has 0 fully saturated rings. The minimum atomic E-state index is 0.671. The molecule has 228 valence electrons. The molecule has 4 nitrogen and oxygen atoms in total. The van der Waals surface area contributed by atoms with Gasteiger partial charge in [-0.3, -0.25) is 4.57 Å². The van der Waals surface area contributed by atoms with Crippen LogP contribution in [0.4, 0.5) is 0 Å². The number of aromatic nitrogens is 4. The summed E-state index contributed by atoms with van der Waals surface area (Å²) in [6.45, 7) is 0. The summed E-state index contributed by atoms with van der Waals surface area (Å²) in [5.41, 5.74) is 8.70. The van der Waals surface area contributed by atoms with Gasteiger partial charge in [0.05, 0.1) is 33.3 Å². The van der Waals surface area contributed by atoms with Crippen LogP contribution in [0.5, 0.6) is 0 Å². The van der Waals surface area contributed by atoms with Gasteiger partial charge in [-0.25, -0.2) is 9.97 Å². The van der Waals surface area contributed by atoms with Crippen molar-refractivity contribution in [3.8, 4) is 22.9 Å². The number of benzene rings is 7. The number of rotatable bonds is 3. The molecule has 0 atom stereocenters. The van der Waals surface area contributed by atoms with Crippen LogP contribution in [0.3, 0.4) is 0 Å². The van der Waals surface area contributed by atoms with E-state index in [9.17, 15) is 0 Å². The van der Waals surface area contributed by atoms with Gasteiger partial charge in [0, 0.05) is 58.4 Å². The molecular weight excluding hydrogens is 617 g/mol. The average Bonchev–Trinajstić information content (AvgIpc) is 3.82. The summed E-state index contributed by atoms with van der Waals surface area (Å²) in [4.78, 5) is 10.8. The van der Waals surface area contributed by atoms with E-state index >= 15 is 0 Å². The highest BCUT2D eigenvalue weighted by molar-refractivity contribution is 7.26. The third-order valence-electron chi connectivity index (χ3n) is 9.94. The first-order chi connectivity index (χ1) is 24.3. The van der Waals surface area contributed by atoms with E-state index in [4.69, 9.17) is 9.97 Å². The number of fused-ring (bicyclic) bond motifs is 11. The lowest BCUT2D eigenvalue weighted by Gasteiger charge is -2.12. The summed E-state index contributed by atoms with van der Waals surface area (Å²) in [6.07, 6.45) is 0. The molecule has 0 amide bonds. The summed E-state index contributed by atoms with van der Waals surface area (Å²) in [5.74, 6) is 0.671. The number of hydrogen-bond donors (Lipinski definition) is 0. The second kappa shape index (κ2) is 10.1. The third-order valence-corrected chi connectivity index (χ3v) is 11.2. The molecule has 0 bridgehead atoms. The van der Waals surface area contributed by atoms with Crippen molar-refractivity contribution in [2.75, 3.05) is 0 Å². The summed E-state index contributed by atoms with van der Waals surface area (Å²) >= 11 is 1.83. The molecule has 0 aliphatic rings. The van der Waals surface area contributed by atoms with Crippen LogP contribution >= 0.6 is 11.3 Å². The standard InChI is InChI=1S/C44H26N4S/c1-2-13-27(14-3-1)47-35-22-9-5-17-31(35)40-37(47)25-26-38-41(40)32-18-6-10-23-36(32)48(38)44-45-34-21-8-4-16-30(34)42(46-44)33-20-12-19-29-28-15-7-11-24-39(28)49-43(29)33/h1-26H. The Kier molecular flexibility index (Phi) is 5.51. The van der Waals surface area contributed by atoms with Crippen LogP contribution in [0.1, 0.15) is 0 Å². The molecule has 0 spiro atoms. The number of thiophene rings is 1. The van der Waals surface area contributed by atoms with E-state index in [1.165, 1.54) is 52.8 Å². The highest BCUT2D eigenvalue weighted by Gasteiger charge is 2.23. The van der Waals surface area contributed by atoms with Crippen molar-refractivity contribution in [1.82, 2.24) is 19.1 Å². The number of para-hydroxylation sites is 4. The predicted molar refractivity (Wildman–Crippen MR) is 207 cm³/mol. The largest absolute Gasteiger partial charge is 0.309 e. The summed E-state index contributed by atoms with van der Waals surface area (Å²) < 4.78 is 7.17. The fourth-order valence-corrected chi connectivity index (χ4v) is 9.11. The molecule has 49 heavy (non-hydrogen) atoms. The average molecular weight is 643 g/mol. The van der Waals surface area contributed by atoms with Gasteiger partial charge in [0.15, 0.2) is 0 Å². The van der Waals surface area contributed by atoms with Crippen molar-refractivity contribution >= 4 is 86.0 Å². The van der Waals surface area contributed by atoms with Crippen molar-refractivity contribution in [3.05, 3.63) is 158 Å². The first kappa shape index (κ1) is 26.7. The van der Waals surface area contributed by atoms with Crippen molar-refractivity contribution in [3.63, 3.8) is 0 Å². The fourth-order valence-electron chi connectivity index (χ4n) is 7.89. The first-order valence-corrected chi connectivity index (χ1v) is 17.3. The Hall–Kier alpha value is -6.30. The lowest BCUT2D eigenvalue weighted by Crippen LogP contribution is -2.03. The van der Waals surface area contributed by atoms with Gasteiger partial charge in [-0.2, -0.15) is 0 Å². The maximum absolute atomic E-state index is 5.48. The molecule has 7 aromatic carbocycles. The second-order valence-electron chi connectivity index (χ2n) is 12.6. The van der Waals surface area contributed by atoms with E-state index in [2.05, 4.69) is 167 Å². The zero-order valence-electron chi connectivity index (χ0n) is 26.2. The molecule has 11 rings (SSSR count). The van der Waals surface area contributed by atoms with Gasteiger partial charge in [-0.05, 0) is 48.5 Å². The van der Waals surface area contributed by atoms with Crippen LogP contribution in [-0.2, 0) is 0 Å². The molecule has 0 aliphatic carbocycles. The molecule has 0 radical (unpaired) electrons. The quantitative estimate of drug-likeness (QED) is 0.192. The van der Waals surface area contributed by atoms with Crippen molar-refractivity contribution in [2.24, 2.45) is 0 Å². The zero-order chi connectivity index (χ0) is 32.1. The Morgan fingerprint density at radius 1 is 0.408 bits per heavy atom. The predicted octanol–water partition coefficient (Wildman–Crippen LogP) is 11.9. The normalized spacial score (nSPS) is 12.1. The topological polar surface area (TPSA) is 35.6 Å². The molecule has 11 aromatic rings. The molecule has 4 heterocycles. The zero-order valence-corrected chi connectivity index (χ0v) is 27.0. The van der Waals surface area contributed by atoms with Gasteiger partial charge in [0.1, 0.15) is 0 Å². The molecule has 0 saturated heterocycles. The van der Waals surface area contributed by atoms with Crippen molar-refractivity contribution in [1.29, 1.82) is 0 Å².